The Morgan fingerprint density at radius 1 is 0.267 bits per heavy atom. The molecule has 5 atom stereocenters. The van der Waals surface area contributed by atoms with Gasteiger partial charge in [-0.1, -0.05) is 323 Å². The van der Waals surface area contributed by atoms with Gasteiger partial charge in [-0.05, 0) is 25.7 Å². The lowest BCUT2D eigenvalue weighted by molar-refractivity contribution is -0.161. The second kappa shape index (κ2) is 65.7. The van der Waals surface area contributed by atoms with Crippen LogP contribution in [0.5, 0.6) is 0 Å². The first kappa shape index (κ1) is 88.1. The van der Waals surface area contributed by atoms with Crippen molar-refractivity contribution < 1.29 is 80.2 Å². The molecule has 0 bridgehead atoms. The van der Waals surface area contributed by atoms with Gasteiger partial charge in [0.25, 0.3) is 0 Å². The number of hydrogen-bond donors (Lipinski definition) is 3. The third-order valence-electron chi connectivity index (χ3n) is 16.6. The minimum Gasteiger partial charge on any atom is -0.462 e. The van der Waals surface area contributed by atoms with Gasteiger partial charge in [0.05, 0.1) is 26.4 Å². The van der Waals surface area contributed by atoms with Crippen LogP contribution >= 0.6 is 15.6 Å². The Labute approximate surface area is 549 Å². The van der Waals surface area contributed by atoms with E-state index in [1.54, 1.807) is 0 Å². The summed E-state index contributed by atoms with van der Waals surface area (Å²) in [6.07, 6.45) is 53.8. The van der Waals surface area contributed by atoms with Crippen molar-refractivity contribution in [2.75, 3.05) is 39.6 Å². The lowest BCUT2D eigenvalue weighted by atomic mass is 10.0. The minimum atomic E-state index is -4.95. The summed E-state index contributed by atoms with van der Waals surface area (Å²) in [6, 6.07) is 0. The third kappa shape index (κ3) is 64.8. The van der Waals surface area contributed by atoms with Crippen molar-refractivity contribution >= 4 is 39.5 Å². The summed E-state index contributed by atoms with van der Waals surface area (Å²) in [7, 11) is -9.90. The molecule has 0 aromatic carbocycles. The van der Waals surface area contributed by atoms with Gasteiger partial charge in [0.1, 0.15) is 19.3 Å². The number of aliphatic hydroxyl groups excluding tert-OH is 1. The molecule has 0 amide bonds. The maximum Gasteiger partial charge on any atom is 0.472 e. The van der Waals surface area contributed by atoms with E-state index < -0.39 is 97.5 Å². The maximum absolute atomic E-state index is 13.0. The van der Waals surface area contributed by atoms with Crippen molar-refractivity contribution in [2.24, 2.45) is 0 Å². The lowest BCUT2D eigenvalue weighted by Crippen LogP contribution is -2.30. The Morgan fingerprint density at radius 3 is 0.656 bits per heavy atom. The summed E-state index contributed by atoms with van der Waals surface area (Å²) in [6.45, 7) is 4.96. The van der Waals surface area contributed by atoms with Gasteiger partial charge in [-0.2, -0.15) is 0 Å². The molecule has 0 aliphatic carbocycles. The molecule has 0 aliphatic heterocycles. The number of carbonyl (C=O) groups excluding carboxylic acids is 4. The molecular weight excluding hydrogens is 1190 g/mol. The average molecular weight is 1330 g/mol. The number of ether oxygens (including phenoxy) is 4. The maximum atomic E-state index is 13.0. The molecule has 90 heavy (non-hydrogen) atoms. The zero-order valence-corrected chi connectivity index (χ0v) is 59.9. The average Bonchev–Trinajstić information content (AvgIpc) is 3.31. The molecule has 3 N–H and O–H groups in total. The fourth-order valence-corrected chi connectivity index (χ4v) is 12.4. The summed E-state index contributed by atoms with van der Waals surface area (Å²) in [5.74, 6) is -2.12. The third-order valence-corrected chi connectivity index (χ3v) is 18.5. The van der Waals surface area contributed by atoms with Crippen molar-refractivity contribution in [2.45, 2.75) is 393 Å². The number of aliphatic hydroxyl groups is 1. The number of carbonyl (C=O) groups is 4. The van der Waals surface area contributed by atoms with Gasteiger partial charge in [0.15, 0.2) is 12.2 Å². The molecule has 0 heterocycles. The van der Waals surface area contributed by atoms with Crippen LogP contribution in [-0.2, 0) is 65.4 Å². The van der Waals surface area contributed by atoms with E-state index >= 15 is 0 Å². The van der Waals surface area contributed by atoms with Crippen LogP contribution in [0.15, 0.2) is 0 Å². The Bertz CT molecular complexity index is 1720. The second-order valence-corrected chi connectivity index (χ2v) is 28.5. The van der Waals surface area contributed by atoms with E-state index in [2.05, 4.69) is 27.7 Å². The van der Waals surface area contributed by atoms with E-state index in [1.165, 1.54) is 205 Å². The normalized spacial score (nSPS) is 14.0. The molecule has 0 aliphatic rings. The van der Waals surface area contributed by atoms with Crippen molar-refractivity contribution in [3.8, 4) is 0 Å². The number of phosphoric ester groups is 2. The molecule has 0 saturated carbocycles. The van der Waals surface area contributed by atoms with E-state index in [1.807, 2.05) is 0 Å². The summed E-state index contributed by atoms with van der Waals surface area (Å²) >= 11 is 0. The molecule has 2 unspecified atom stereocenters. The minimum absolute atomic E-state index is 0.108. The Morgan fingerprint density at radius 2 is 0.444 bits per heavy atom. The van der Waals surface area contributed by atoms with Gasteiger partial charge < -0.3 is 33.8 Å². The first-order valence-electron chi connectivity index (χ1n) is 37.3. The highest BCUT2D eigenvalue weighted by atomic mass is 31.2. The number of unbranched alkanes of at least 4 members (excludes halogenated alkanes) is 46. The van der Waals surface area contributed by atoms with Crippen LogP contribution in [-0.4, -0.2) is 96.7 Å². The highest BCUT2D eigenvalue weighted by Crippen LogP contribution is 2.45. The van der Waals surface area contributed by atoms with Gasteiger partial charge >= 0.3 is 39.5 Å². The Balaban J connectivity index is 5.24. The highest BCUT2D eigenvalue weighted by Gasteiger charge is 2.30. The predicted molar refractivity (Wildman–Crippen MR) is 363 cm³/mol. The van der Waals surface area contributed by atoms with E-state index in [0.29, 0.717) is 25.7 Å². The van der Waals surface area contributed by atoms with E-state index in [-0.39, 0.29) is 25.7 Å². The molecule has 0 spiro atoms. The highest BCUT2D eigenvalue weighted by molar-refractivity contribution is 7.47. The Hall–Kier alpha value is -1.94. The quantitative estimate of drug-likeness (QED) is 0.0222. The molecular formula is C71H138O17P2. The number of rotatable bonds is 72. The fourth-order valence-electron chi connectivity index (χ4n) is 10.9. The van der Waals surface area contributed by atoms with Crippen LogP contribution in [0.1, 0.15) is 374 Å². The van der Waals surface area contributed by atoms with Crippen molar-refractivity contribution in [3.63, 3.8) is 0 Å². The van der Waals surface area contributed by atoms with Crippen LogP contribution in [0.2, 0.25) is 0 Å². The number of phosphoric acid groups is 2. The molecule has 534 valence electrons. The van der Waals surface area contributed by atoms with Crippen LogP contribution in [0.25, 0.3) is 0 Å². The number of hydrogen-bond acceptors (Lipinski definition) is 15. The fraction of sp³-hybridized carbons (Fsp3) is 0.944. The number of esters is 4. The van der Waals surface area contributed by atoms with E-state index in [9.17, 15) is 43.2 Å². The molecule has 0 saturated heterocycles. The topological polar surface area (TPSA) is 237 Å². The standard InChI is InChI=1S/C71H138O17P2/c1-5-9-13-17-21-25-29-31-32-34-38-42-46-50-54-58-71(76)88-67(62-82-69(74)56-52-48-44-40-37-33-30-26-22-18-14-10-6-2)64-86-90(79,80)84-60-65(72)59-83-89(77,78)85-63-66(87-70(75)57-53-49-45-41-36-28-24-20-16-12-8-4)61-81-68(73)55-51-47-43-39-35-27-23-19-15-11-7-3/h65-67,72H,5-64H2,1-4H3,(H,77,78)(H,79,80)/t65-,66+,67+/m0/s1. The molecule has 0 aromatic rings. The van der Waals surface area contributed by atoms with Gasteiger partial charge in [0.2, 0.25) is 0 Å². The molecule has 17 nitrogen and oxygen atoms in total. The molecule has 0 aromatic heterocycles. The zero-order valence-electron chi connectivity index (χ0n) is 58.1. The first-order valence-corrected chi connectivity index (χ1v) is 40.3. The van der Waals surface area contributed by atoms with E-state index in [4.69, 9.17) is 37.0 Å². The van der Waals surface area contributed by atoms with Crippen LogP contribution in [0.4, 0.5) is 0 Å². The summed E-state index contributed by atoms with van der Waals surface area (Å²) in [4.78, 5) is 72.6. The second-order valence-electron chi connectivity index (χ2n) is 25.6. The smallest absolute Gasteiger partial charge is 0.462 e. The van der Waals surface area contributed by atoms with E-state index in [0.717, 1.165) is 89.9 Å². The largest absolute Gasteiger partial charge is 0.472 e. The first-order chi connectivity index (χ1) is 43.7. The van der Waals surface area contributed by atoms with Crippen LogP contribution in [0.3, 0.4) is 0 Å². The summed E-state index contributed by atoms with van der Waals surface area (Å²) in [5, 5.41) is 10.6. The lowest BCUT2D eigenvalue weighted by Gasteiger charge is -2.21. The van der Waals surface area contributed by atoms with Crippen LogP contribution < -0.4 is 0 Å². The predicted octanol–water partition coefficient (Wildman–Crippen LogP) is 20.7. The van der Waals surface area contributed by atoms with Crippen molar-refractivity contribution in [1.82, 2.24) is 0 Å². The molecule has 0 radical (unpaired) electrons. The summed E-state index contributed by atoms with van der Waals surface area (Å²) < 4.78 is 68.3. The van der Waals surface area contributed by atoms with Gasteiger partial charge in [-0.15, -0.1) is 0 Å². The molecule has 0 rings (SSSR count). The zero-order chi connectivity index (χ0) is 66.1. The monoisotopic (exact) mass is 1320 g/mol. The SMILES string of the molecule is CCCCCCCCCCCCCCCCCC(=O)O[C@H](COC(=O)CCCCCCCCCCCCCCC)COP(=O)(O)OC[C@@H](O)COP(=O)(O)OC[C@@H](COC(=O)CCCCCCCCCCCCC)OC(=O)CCCCCCCCCCCCC. The van der Waals surface area contributed by atoms with Crippen LogP contribution in [0, 0.1) is 0 Å². The summed E-state index contributed by atoms with van der Waals surface area (Å²) in [5.41, 5.74) is 0. The van der Waals surface area contributed by atoms with Crippen molar-refractivity contribution in [1.29, 1.82) is 0 Å². The van der Waals surface area contributed by atoms with Crippen molar-refractivity contribution in [3.05, 3.63) is 0 Å². The molecule has 0 fully saturated rings. The van der Waals surface area contributed by atoms with Gasteiger partial charge in [-0.3, -0.25) is 37.3 Å². The van der Waals surface area contributed by atoms with Gasteiger partial charge in [-0.25, -0.2) is 9.13 Å². The molecule has 19 heteroatoms. The van der Waals surface area contributed by atoms with Gasteiger partial charge in [0, 0.05) is 25.7 Å². The Kier molecular flexibility index (Phi) is 64.3.